The third-order valence-corrected chi connectivity index (χ3v) is 10.9. The van der Waals surface area contributed by atoms with E-state index in [1.165, 1.54) is 44.0 Å². The van der Waals surface area contributed by atoms with Crippen LogP contribution in [0.3, 0.4) is 0 Å². The van der Waals surface area contributed by atoms with Crippen molar-refractivity contribution in [1.82, 2.24) is 0 Å². The van der Waals surface area contributed by atoms with Gasteiger partial charge in [0.05, 0.1) is 0 Å². The van der Waals surface area contributed by atoms with Gasteiger partial charge in [-0.1, -0.05) is 109 Å². The number of hydrogen-bond donors (Lipinski definition) is 0. The fourth-order valence-corrected chi connectivity index (χ4v) is 8.37. The molecule has 10 aromatic rings. The highest BCUT2D eigenvalue weighted by molar-refractivity contribution is 6.19. The smallest absolute Gasteiger partial charge is 0.137 e. The summed E-state index contributed by atoms with van der Waals surface area (Å²) in [6, 6.07) is 60.8. The highest BCUT2D eigenvalue weighted by atomic mass is 16.3. The molecule has 3 heteroatoms. The van der Waals surface area contributed by atoms with Crippen LogP contribution >= 0.6 is 0 Å². The van der Waals surface area contributed by atoms with Crippen LogP contribution in [-0.2, 0) is 6.42 Å². The second kappa shape index (κ2) is 11.9. The predicted octanol–water partition coefficient (Wildman–Crippen LogP) is 14.2. The third kappa shape index (κ3) is 4.89. The SMILES string of the molecule is C1=C(c2ccc(N(c3ccc(-c4ccc5ccc6oc7ccccc7c6c5c4)cc3)c3ccc4c(c3)oc3ccccc34)cc2)c2ccccc2CC1. The molecule has 0 bridgehead atoms. The molecule has 11 rings (SSSR count). The van der Waals surface area contributed by atoms with Crippen LogP contribution in [0.1, 0.15) is 23.1 Å². The lowest BCUT2D eigenvalue weighted by Crippen LogP contribution is -2.10. The number of hydrogen-bond acceptors (Lipinski definition) is 3. The summed E-state index contributed by atoms with van der Waals surface area (Å²) in [4.78, 5) is 2.32. The minimum Gasteiger partial charge on any atom is -0.456 e. The maximum atomic E-state index is 6.37. The molecule has 250 valence electrons. The molecule has 0 N–H and O–H groups in total. The number of furan rings is 2. The molecule has 2 heterocycles. The summed E-state index contributed by atoms with van der Waals surface area (Å²) in [6.07, 6.45) is 4.54. The minimum absolute atomic E-state index is 0.875. The molecule has 0 unspecified atom stereocenters. The number of allylic oxidation sites excluding steroid dienone is 1. The van der Waals surface area contributed by atoms with Crippen molar-refractivity contribution in [2.45, 2.75) is 12.8 Å². The lowest BCUT2D eigenvalue weighted by atomic mass is 9.87. The Balaban J connectivity index is 1.01. The Bertz CT molecular complexity index is 3050. The van der Waals surface area contributed by atoms with Gasteiger partial charge in [-0.05, 0) is 118 Å². The van der Waals surface area contributed by atoms with Crippen LogP contribution in [0.25, 0.3) is 71.3 Å². The molecule has 8 aromatic carbocycles. The van der Waals surface area contributed by atoms with Crippen LogP contribution in [0, 0.1) is 0 Å². The molecule has 0 amide bonds. The Hall–Kier alpha value is -6.84. The molecule has 1 aliphatic rings. The van der Waals surface area contributed by atoms with E-state index >= 15 is 0 Å². The van der Waals surface area contributed by atoms with Crippen LogP contribution in [-0.4, -0.2) is 0 Å². The van der Waals surface area contributed by atoms with Crippen LogP contribution in [0.4, 0.5) is 17.1 Å². The molecular weight excluding hydrogens is 647 g/mol. The number of benzene rings is 8. The molecular formula is C50H33NO2. The molecule has 53 heavy (non-hydrogen) atoms. The monoisotopic (exact) mass is 679 g/mol. The van der Waals surface area contributed by atoms with Crippen LogP contribution in [0.15, 0.2) is 185 Å². The van der Waals surface area contributed by atoms with Crippen molar-refractivity contribution < 1.29 is 8.83 Å². The summed E-state index contributed by atoms with van der Waals surface area (Å²) in [5.41, 5.74) is 14.4. The fraction of sp³-hybridized carbons (Fsp3) is 0.0400. The number of aryl methyl sites for hydroxylation is 1. The van der Waals surface area contributed by atoms with Gasteiger partial charge in [0.15, 0.2) is 0 Å². The molecule has 0 aliphatic heterocycles. The summed E-state index contributed by atoms with van der Waals surface area (Å²) >= 11 is 0. The highest BCUT2D eigenvalue weighted by Crippen LogP contribution is 2.41. The Morgan fingerprint density at radius 1 is 0.415 bits per heavy atom. The van der Waals surface area contributed by atoms with Gasteiger partial charge >= 0.3 is 0 Å². The summed E-state index contributed by atoms with van der Waals surface area (Å²) in [6.45, 7) is 0. The highest BCUT2D eigenvalue weighted by Gasteiger charge is 2.18. The second-order valence-corrected chi connectivity index (χ2v) is 14.0. The van der Waals surface area contributed by atoms with Gasteiger partial charge in [-0.15, -0.1) is 0 Å². The van der Waals surface area contributed by atoms with Crippen molar-refractivity contribution in [2.24, 2.45) is 0 Å². The van der Waals surface area contributed by atoms with Gasteiger partial charge in [-0.25, -0.2) is 0 Å². The molecule has 0 atom stereocenters. The largest absolute Gasteiger partial charge is 0.456 e. The molecule has 0 radical (unpaired) electrons. The molecule has 0 saturated heterocycles. The van der Waals surface area contributed by atoms with E-state index in [0.29, 0.717) is 0 Å². The first-order valence-electron chi connectivity index (χ1n) is 18.3. The van der Waals surface area contributed by atoms with Gasteiger partial charge in [-0.3, -0.25) is 0 Å². The van der Waals surface area contributed by atoms with Crippen LogP contribution in [0.2, 0.25) is 0 Å². The number of para-hydroxylation sites is 2. The first-order chi connectivity index (χ1) is 26.2. The van der Waals surface area contributed by atoms with Crippen LogP contribution in [0.5, 0.6) is 0 Å². The minimum atomic E-state index is 0.875. The normalized spacial score (nSPS) is 12.9. The van der Waals surface area contributed by atoms with Crippen molar-refractivity contribution in [1.29, 1.82) is 0 Å². The summed E-state index contributed by atoms with van der Waals surface area (Å²) in [7, 11) is 0. The lowest BCUT2D eigenvalue weighted by molar-refractivity contribution is 0.668. The van der Waals surface area contributed by atoms with E-state index in [9.17, 15) is 0 Å². The maximum absolute atomic E-state index is 6.37. The molecule has 0 saturated carbocycles. The third-order valence-electron chi connectivity index (χ3n) is 10.9. The zero-order valence-electron chi connectivity index (χ0n) is 28.9. The molecule has 3 nitrogen and oxygen atoms in total. The van der Waals surface area contributed by atoms with Gasteiger partial charge < -0.3 is 13.7 Å². The number of anilines is 3. The van der Waals surface area contributed by atoms with E-state index in [1.54, 1.807) is 0 Å². The molecule has 1 aliphatic carbocycles. The Labute approximate surface area is 306 Å². The zero-order chi connectivity index (χ0) is 34.9. The van der Waals surface area contributed by atoms with Crippen molar-refractivity contribution >= 4 is 77.3 Å². The van der Waals surface area contributed by atoms with Gasteiger partial charge in [-0.2, -0.15) is 0 Å². The molecule has 2 aromatic heterocycles. The van der Waals surface area contributed by atoms with E-state index < -0.39 is 0 Å². The number of nitrogens with zero attached hydrogens (tertiary/aromatic N) is 1. The van der Waals surface area contributed by atoms with E-state index in [0.717, 1.165) is 74.0 Å². The Morgan fingerprint density at radius 3 is 1.87 bits per heavy atom. The average molecular weight is 680 g/mol. The Morgan fingerprint density at radius 2 is 1.04 bits per heavy atom. The maximum Gasteiger partial charge on any atom is 0.137 e. The van der Waals surface area contributed by atoms with Gasteiger partial charge in [0, 0.05) is 44.7 Å². The lowest BCUT2D eigenvalue weighted by Gasteiger charge is -2.26. The van der Waals surface area contributed by atoms with Gasteiger partial charge in [0.2, 0.25) is 0 Å². The van der Waals surface area contributed by atoms with E-state index in [1.807, 2.05) is 24.3 Å². The first-order valence-corrected chi connectivity index (χ1v) is 18.3. The van der Waals surface area contributed by atoms with Crippen molar-refractivity contribution in [3.8, 4) is 11.1 Å². The molecule has 0 spiro atoms. The van der Waals surface area contributed by atoms with Crippen molar-refractivity contribution in [3.05, 3.63) is 193 Å². The number of rotatable bonds is 5. The summed E-state index contributed by atoms with van der Waals surface area (Å²) in [5, 5.41) is 6.96. The van der Waals surface area contributed by atoms with E-state index in [4.69, 9.17) is 8.83 Å². The second-order valence-electron chi connectivity index (χ2n) is 14.0. The average Bonchev–Trinajstić information content (AvgIpc) is 3.79. The summed E-state index contributed by atoms with van der Waals surface area (Å²) in [5.74, 6) is 0. The first kappa shape index (κ1) is 29.8. The van der Waals surface area contributed by atoms with E-state index in [2.05, 4.69) is 157 Å². The van der Waals surface area contributed by atoms with Gasteiger partial charge in [0.25, 0.3) is 0 Å². The van der Waals surface area contributed by atoms with Crippen molar-refractivity contribution in [2.75, 3.05) is 4.90 Å². The van der Waals surface area contributed by atoms with Gasteiger partial charge in [0.1, 0.15) is 22.3 Å². The zero-order valence-corrected chi connectivity index (χ0v) is 28.9. The Kier molecular flexibility index (Phi) is 6.68. The molecule has 0 fully saturated rings. The number of fused-ring (bicyclic) bond motifs is 9. The van der Waals surface area contributed by atoms with Crippen LogP contribution < -0.4 is 4.90 Å². The van der Waals surface area contributed by atoms with E-state index in [-0.39, 0.29) is 0 Å². The van der Waals surface area contributed by atoms with Crippen molar-refractivity contribution in [3.63, 3.8) is 0 Å². The fourth-order valence-electron chi connectivity index (χ4n) is 8.37. The summed E-state index contributed by atoms with van der Waals surface area (Å²) < 4.78 is 12.6. The topological polar surface area (TPSA) is 29.5 Å². The standard InChI is InChI=1S/C50H33NO2/c1-2-10-40-33(8-1)9-7-13-41(40)34-20-25-38(26-21-34)51(39-27-28-43-42-11-3-5-14-46(42)53-49(43)31-39)37-23-18-32(19-24-37)36-17-16-35-22-29-48-50(45(35)30-36)44-12-4-6-15-47(44)52-48/h1-6,8,10-31H,7,9H2. The predicted molar refractivity (Wildman–Crippen MR) is 220 cm³/mol. The quantitative estimate of drug-likeness (QED) is 0.181.